The number of anilines is 3. The largest absolute Gasteiger partial charge is 0.372 e. The molecule has 10 heteroatoms. The van der Waals surface area contributed by atoms with Gasteiger partial charge in [-0.2, -0.15) is 4.98 Å². The number of hydrogen-bond donors (Lipinski definition) is 2. The highest BCUT2D eigenvalue weighted by atomic mass is 32.2. The summed E-state index contributed by atoms with van der Waals surface area (Å²) in [6, 6.07) is 5.77. The van der Waals surface area contributed by atoms with E-state index >= 15 is 0 Å². The topological polar surface area (TPSA) is 110 Å². The van der Waals surface area contributed by atoms with Gasteiger partial charge in [0, 0.05) is 12.2 Å². The summed E-state index contributed by atoms with van der Waals surface area (Å²) in [7, 11) is -3.76. The first-order valence-electron chi connectivity index (χ1n) is 8.38. The molecule has 2 aromatic rings. The predicted molar refractivity (Wildman–Crippen MR) is 99.9 cm³/mol. The van der Waals surface area contributed by atoms with Crippen LogP contribution in [0.25, 0.3) is 0 Å². The Morgan fingerprint density at radius 3 is 2.63 bits per heavy atom. The van der Waals surface area contributed by atoms with Crippen LogP contribution in [0.1, 0.15) is 20.8 Å². The molecule has 0 amide bonds. The third-order valence-electron chi connectivity index (χ3n) is 4.24. The number of sulfonamides is 1. The van der Waals surface area contributed by atoms with E-state index in [-0.39, 0.29) is 22.7 Å². The van der Waals surface area contributed by atoms with E-state index in [1.54, 1.807) is 0 Å². The molecule has 0 unspecified atom stereocenters. The second kappa shape index (κ2) is 7.02. The highest BCUT2D eigenvalue weighted by Gasteiger charge is 2.34. The van der Waals surface area contributed by atoms with Crippen molar-refractivity contribution in [3.63, 3.8) is 0 Å². The zero-order chi connectivity index (χ0) is 19.8. The minimum absolute atomic E-state index is 0.00173. The summed E-state index contributed by atoms with van der Waals surface area (Å²) in [4.78, 5) is 10.1. The summed E-state index contributed by atoms with van der Waals surface area (Å²) >= 11 is 0. The molecule has 146 valence electrons. The molecule has 1 aliphatic rings. The van der Waals surface area contributed by atoms with Crippen molar-refractivity contribution in [3.8, 4) is 0 Å². The summed E-state index contributed by atoms with van der Waals surface area (Å²) in [5, 5.41) is 8.03. The standard InChI is InChI=1S/C17H22FN5O3S/c1-11-9-26-17(2,3)10-23(11)15-14(18)8-20-16(22-15)21-12-4-6-13(7-5-12)27(19,24)25/h4-8,11H,9-10H2,1-3H3,(H2,19,24,25)(H,20,21,22)/t11-/m0/s1. The molecule has 3 rings (SSSR count). The molecule has 1 fully saturated rings. The van der Waals surface area contributed by atoms with Gasteiger partial charge in [-0.15, -0.1) is 0 Å². The predicted octanol–water partition coefficient (Wildman–Crippen LogP) is 2.01. The Kier molecular flexibility index (Phi) is 5.06. The molecule has 3 N–H and O–H groups in total. The number of ether oxygens (including phenoxy) is 1. The SMILES string of the molecule is C[C@H]1COC(C)(C)CN1c1nc(Nc2ccc(S(N)(=O)=O)cc2)ncc1F. The molecule has 1 aromatic heterocycles. The Bertz CT molecular complexity index is 934. The first-order valence-corrected chi connectivity index (χ1v) is 9.93. The van der Waals surface area contributed by atoms with E-state index in [0.29, 0.717) is 18.8 Å². The van der Waals surface area contributed by atoms with Crippen molar-refractivity contribution in [1.82, 2.24) is 9.97 Å². The monoisotopic (exact) mass is 395 g/mol. The average Bonchev–Trinajstić information content (AvgIpc) is 2.59. The van der Waals surface area contributed by atoms with Gasteiger partial charge in [-0.25, -0.2) is 22.9 Å². The highest BCUT2D eigenvalue weighted by Crippen LogP contribution is 2.28. The number of hydrogen-bond acceptors (Lipinski definition) is 7. The van der Waals surface area contributed by atoms with Crippen molar-refractivity contribution in [2.45, 2.75) is 37.3 Å². The van der Waals surface area contributed by atoms with Gasteiger partial charge in [0.25, 0.3) is 0 Å². The van der Waals surface area contributed by atoms with Crippen molar-refractivity contribution in [2.24, 2.45) is 5.14 Å². The molecule has 1 aliphatic heterocycles. The molecule has 8 nitrogen and oxygen atoms in total. The third-order valence-corrected chi connectivity index (χ3v) is 5.16. The fourth-order valence-corrected chi connectivity index (χ4v) is 3.32. The third kappa shape index (κ3) is 4.52. The van der Waals surface area contributed by atoms with E-state index in [4.69, 9.17) is 9.88 Å². The van der Waals surface area contributed by atoms with Crippen molar-refractivity contribution < 1.29 is 17.5 Å². The molecule has 0 radical (unpaired) electrons. The van der Waals surface area contributed by atoms with Gasteiger partial charge in [0.2, 0.25) is 16.0 Å². The zero-order valence-corrected chi connectivity index (χ0v) is 16.1. The van der Waals surface area contributed by atoms with Crippen LogP contribution in [0.3, 0.4) is 0 Å². The van der Waals surface area contributed by atoms with Gasteiger partial charge in [-0.3, -0.25) is 0 Å². The average molecular weight is 395 g/mol. The second-order valence-electron chi connectivity index (χ2n) is 7.11. The summed E-state index contributed by atoms with van der Waals surface area (Å²) in [6.45, 7) is 6.78. The maximum absolute atomic E-state index is 14.4. The summed E-state index contributed by atoms with van der Waals surface area (Å²) < 4.78 is 42.8. The van der Waals surface area contributed by atoms with Gasteiger partial charge < -0.3 is 15.0 Å². The molecular weight excluding hydrogens is 373 g/mol. The van der Waals surface area contributed by atoms with Crippen LogP contribution in [-0.4, -0.2) is 43.2 Å². The molecular formula is C17H22FN5O3S. The first-order chi connectivity index (χ1) is 12.5. The van der Waals surface area contributed by atoms with Crippen molar-refractivity contribution in [1.29, 1.82) is 0 Å². The van der Waals surface area contributed by atoms with Crippen LogP contribution in [0.2, 0.25) is 0 Å². The van der Waals surface area contributed by atoms with Gasteiger partial charge in [-0.1, -0.05) is 0 Å². The lowest BCUT2D eigenvalue weighted by Gasteiger charge is -2.43. The Balaban J connectivity index is 1.85. The van der Waals surface area contributed by atoms with Crippen molar-refractivity contribution >= 4 is 27.5 Å². The Morgan fingerprint density at radius 1 is 1.33 bits per heavy atom. The normalized spacial score (nSPS) is 19.7. The van der Waals surface area contributed by atoms with Crippen molar-refractivity contribution in [3.05, 3.63) is 36.3 Å². The molecule has 0 aliphatic carbocycles. The van der Waals surface area contributed by atoms with E-state index < -0.39 is 21.4 Å². The summed E-state index contributed by atoms with van der Waals surface area (Å²) in [5.74, 6) is -0.126. The smallest absolute Gasteiger partial charge is 0.238 e. The van der Waals surface area contributed by atoms with Crippen LogP contribution >= 0.6 is 0 Å². The van der Waals surface area contributed by atoms with Crippen LogP contribution in [0.4, 0.5) is 21.8 Å². The summed E-state index contributed by atoms with van der Waals surface area (Å²) in [6.07, 6.45) is 1.11. The number of nitrogens with two attached hydrogens (primary N) is 1. The molecule has 0 bridgehead atoms. The van der Waals surface area contributed by atoms with Crippen LogP contribution in [0.15, 0.2) is 35.4 Å². The quantitative estimate of drug-likeness (QED) is 0.815. The number of nitrogens with one attached hydrogen (secondary N) is 1. The van der Waals surface area contributed by atoms with Crippen LogP contribution in [0, 0.1) is 5.82 Å². The van der Waals surface area contributed by atoms with E-state index in [1.165, 1.54) is 24.3 Å². The van der Waals surface area contributed by atoms with Gasteiger partial charge in [0.15, 0.2) is 11.6 Å². The number of benzene rings is 1. The Morgan fingerprint density at radius 2 is 2.00 bits per heavy atom. The molecule has 1 aromatic carbocycles. The zero-order valence-electron chi connectivity index (χ0n) is 15.3. The van der Waals surface area contributed by atoms with Gasteiger partial charge in [-0.05, 0) is 45.0 Å². The van der Waals surface area contributed by atoms with Crippen LogP contribution in [-0.2, 0) is 14.8 Å². The second-order valence-corrected chi connectivity index (χ2v) is 8.67. The van der Waals surface area contributed by atoms with Crippen molar-refractivity contribution in [2.75, 3.05) is 23.4 Å². The molecule has 2 heterocycles. The molecule has 0 spiro atoms. The number of aromatic nitrogens is 2. The maximum Gasteiger partial charge on any atom is 0.238 e. The number of primary sulfonamides is 1. The first kappa shape index (κ1) is 19.5. The summed E-state index contributed by atoms with van der Waals surface area (Å²) in [5.41, 5.74) is 0.136. The van der Waals surface area contributed by atoms with Crippen LogP contribution < -0.4 is 15.4 Å². The van der Waals surface area contributed by atoms with E-state index in [0.717, 1.165) is 6.20 Å². The van der Waals surface area contributed by atoms with Crippen LogP contribution in [0.5, 0.6) is 0 Å². The highest BCUT2D eigenvalue weighted by molar-refractivity contribution is 7.89. The van der Waals surface area contributed by atoms with Gasteiger partial charge in [0.05, 0.1) is 29.3 Å². The minimum Gasteiger partial charge on any atom is -0.372 e. The molecule has 0 saturated carbocycles. The molecule has 1 atom stereocenters. The fraction of sp³-hybridized carbons (Fsp3) is 0.412. The van der Waals surface area contributed by atoms with E-state index in [1.807, 2.05) is 25.7 Å². The minimum atomic E-state index is -3.76. The lowest BCUT2D eigenvalue weighted by atomic mass is 10.0. The number of morpholine rings is 1. The molecule has 1 saturated heterocycles. The lowest BCUT2D eigenvalue weighted by Crippen LogP contribution is -2.53. The van der Waals surface area contributed by atoms with E-state index in [2.05, 4.69) is 15.3 Å². The fourth-order valence-electron chi connectivity index (χ4n) is 2.81. The van der Waals surface area contributed by atoms with E-state index in [9.17, 15) is 12.8 Å². The van der Waals surface area contributed by atoms with Gasteiger partial charge in [0.1, 0.15) is 0 Å². The molecule has 27 heavy (non-hydrogen) atoms. The Hall–Kier alpha value is -2.30. The van der Waals surface area contributed by atoms with Gasteiger partial charge >= 0.3 is 0 Å². The Labute approximate surface area is 157 Å². The number of nitrogens with zero attached hydrogens (tertiary/aromatic N) is 3. The number of rotatable bonds is 4. The lowest BCUT2D eigenvalue weighted by molar-refractivity contribution is -0.0425. The maximum atomic E-state index is 14.4. The number of halogens is 1.